The topological polar surface area (TPSA) is 38.3 Å². The van der Waals surface area contributed by atoms with E-state index in [4.69, 9.17) is 4.74 Å². The lowest BCUT2D eigenvalue weighted by Gasteiger charge is -2.13. The Balaban J connectivity index is 2.30. The normalized spacial score (nSPS) is 22.7. The summed E-state index contributed by atoms with van der Waals surface area (Å²) in [7, 11) is 3.36. The minimum absolute atomic E-state index is 0.0621. The van der Waals surface area contributed by atoms with Crippen LogP contribution in [0.2, 0.25) is 0 Å². The molecule has 1 N–H and O–H groups in total. The van der Waals surface area contributed by atoms with Gasteiger partial charge in [0.05, 0.1) is 7.11 Å². The minimum atomic E-state index is 0.0621. The van der Waals surface area contributed by atoms with E-state index in [1.807, 2.05) is 12.1 Å². The highest BCUT2D eigenvalue weighted by Gasteiger charge is 2.33. The second-order valence-electron chi connectivity index (χ2n) is 4.28. The fraction of sp³-hybridized carbons (Fsp3) is 0.462. The van der Waals surface area contributed by atoms with Crippen LogP contribution >= 0.6 is 0 Å². The van der Waals surface area contributed by atoms with Crippen molar-refractivity contribution < 1.29 is 9.53 Å². The van der Waals surface area contributed by atoms with Gasteiger partial charge in [-0.2, -0.15) is 0 Å². The number of carbonyl (C=O) groups is 1. The first-order chi connectivity index (χ1) is 7.67. The number of hydrogen-bond donors (Lipinski definition) is 1. The molecule has 0 fully saturated rings. The standard InChI is InChI=1S/C13H17NO2/c1-8-11-5-4-10(16-3)6-9(11)7-12(8)13(15)14-2/h4-6,8,12H,7H2,1-3H3,(H,14,15). The van der Waals surface area contributed by atoms with Crippen molar-refractivity contribution in [2.75, 3.05) is 14.2 Å². The second-order valence-corrected chi connectivity index (χ2v) is 4.28. The van der Waals surface area contributed by atoms with Gasteiger partial charge in [-0.25, -0.2) is 0 Å². The van der Waals surface area contributed by atoms with Gasteiger partial charge in [-0.3, -0.25) is 4.79 Å². The van der Waals surface area contributed by atoms with Gasteiger partial charge in [0, 0.05) is 13.0 Å². The molecule has 0 aliphatic heterocycles. The van der Waals surface area contributed by atoms with Crippen LogP contribution in [0.5, 0.6) is 5.75 Å². The van der Waals surface area contributed by atoms with Gasteiger partial charge < -0.3 is 10.1 Å². The molecule has 1 aromatic rings. The van der Waals surface area contributed by atoms with Crippen molar-refractivity contribution in [2.45, 2.75) is 19.3 Å². The third-order valence-electron chi connectivity index (χ3n) is 3.47. The fourth-order valence-corrected chi connectivity index (χ4v) is 2.47. The molecule has 86 valence electrons. The maximum atomic E-state index is 11.7. The lowest BCUT2D eigenvalue weighted by Crippen LogP contribution is -2.29. The lowest BCUT2D eigenvalue weighted by molar-refractivity contribution is -0.124. The summed E-state index contributed by atoms with van der Waals surface area (Å²) in [5.74, 6) is 1.35. The van der Waals surface area contributed by atoms with Crippen LogP contribution in [0, 0.1) is 5.92 Å². The molecule has 3 heteroatoms. The van der Waals surface area contributed by atoms with Crippen molar-refractivity contribution in [3.8, 4) is 5.75 Å². The summed E-state index contributed by atoms with van der Waals surface area (Å²) < 4.78 is 5.20. The molecule has 2 unspecified atom stereocenters. The average Bonchev–Trinajstić information content (AvgIpc) is 2.65. The lowest BCUT2D eigenvalue weighted by atomic mass is 9.94. The minimum Gasteiger partial charge on any atom is -0.497 e. The number of benzene rings is 1. The van der Waals surface area contributed by atoms with Gasteiger partial charge in [0.2, 0.25) is 5.91 Å². The van der Waals surface area contributed by atoms with Crippen molar-refractivity contribution in [2.24, 2.45) is 5.92 Å². The van der Waals surface area contributed by atoms with E-state index in [0.717, 1.165) is 12.2 Å². The molecule has 1 aromatic carbocycles. The van der Waals surface area contributed by atoms with Gasteiger partial charge in [-0.05, 0) is 35.6 Å². The predicted molar refractivity (Wildman–Crippen MR) is 62.7 cm³/mol. The van der Waals surface area contributed by atoms with Gasteiger partial charge >= 0.3 is 0 Å². The Morgan fingerprint density at radius 1 is 1.50 bits per heavy atom. The van der Waals surface area contributed by atoms with Crippen molar-refractivity contribution >= 4 is 5.91 Å². The van der Waals surface area contributed by atoms with Crippen molar-refractivity contribution in [1.29, 1.82) is 0 Å². The Morgan fingerprint density at radius 3 is 2.88 bits per heavy atom. The smallest absolute Gasteiger partial charge is 0.223 e. The Morgan fingerprint density at radius 2 is 2.25 bits per heavy atom. The van der Waals surface area contributed by atoms with Crippen LogP contribution in [0.25, 0.3) is 0 Å². The number of ether oxygens (including phenoxy) is 1. The van der Waals surface area contributed by atoms with Gasteiger partial charge in [-0.1, -0.05) is 13.0 Å². The molecule has 0 radical (unpaired) electrons. The third-order valence-corrected chi connectivity index (χ3v) is 3.47. The summed E-state index contributed by atoms with van der Waals surface area (Å²) in [4.78, 5) is 11.7. The van der Waals surface area contributed by atoms with Crippen LogP contribution in [0.3, 0.4) is 0 Å². The predicted octanol–water partition coefficient (Wildman–Crippen LogP) is 1.72. The van der Waals surface area contributed by atoms with E-state index in [-0.39, 0.29) is 11.8 Å². The zero-order chi connectivity index (χ0) is 11.7. The summed E-state index contributed by atoms with van der Waals surface area (Å²) in [5.41, 5.74) is 2.51. The number of rotatable bonds is 2. The highest BCUT2D eigenvalue weighted by Crippen LogP contribution is 2.39. The summed E-state index contributed by atoms with van der Waals surface area (Å²) in [6.45, 7) is 2.11. The van der Waals surface area contributed by atoms with Crippen molar-refractivity contribution in [1.82, 2.24) is 5.32 Å². The molecule has 1 aliphatic rings. The van der Waals surface area contributed by atoms with Crippen LogP contribution in [0.1, 0.15) is 24.0 Å². The van der Waals surface area contributed by atoms with Crippen LogP contribution in [0.4, 0.5) is 0 Å². The zero-order valence-corrected chi connectivity index (χ0v) is 9.91. The molecule has 0 heterocycles. The van der Waals surface area contributed by atoms with Crippen molar-refractivity contribution in [3.05, 3.63) is 29.3 Å². The SMILES string of the molecule is CNC(=O)C1Cc2cc(OC)ccc2C1C. The quantitative estimate of drug-likeness (QED) is 0.822. The number of methoxy groups -OCH3 is 1. The molecular formula is C13H17NO2. The zero-order valence-electron chi connectivity index (χ0n) is 9.91. The van der Waals surface area contributed by atoms with Crippen LogP contribution in [-0.2, 0) is 11.2 Å². The fourth-order valence-electron chi connectivity index (χ4n) is 2.47. The maximum Gasteiger partial charge on any atom is 0.223 e. The molecule has 0 spiro atoms. The van der Waals surface area contributed by atoms with Gasteiger partial charge in [0.1, 0.15) is 5.75 Å². The molecule has 3 nitrogen and oxygen atoms in total. The van der Waals surface area contributed by atoms with Crippen molar-refractivity contribution in [3.63, 3.8) is 0 Å². The molecular weight excluding hydrogens is 202 g/mol. The summed E-state index contributed by atoms with van der Waals surface area (Å²) in [6.07, 6.45) is 0.813. The molecule has 0 saturated carbocycles. The highest BCUT2D eigenvalue weighted by molar-refractivity contribution is 5.81. The Labute approximate surface area is 95.8 Å². The van der Waals surface area contributed by atoms with E-state index in [0.29, 0.717) is 5.92 Å². The molecule has 0 aromatic heterocycles. The van der Waals surface area contributed by atoms with Crippen LogP contribution < -0.4 is 10.1 Å². The second kappa shape index (κ2) is 4.16. The third kappa shape index (κ3) is 1.66. The highest BCUT2D eigenvalue weighted by atomic mass is 16.5. The summed E-state index contributed by atoms with van der Waals surface area (Å²) in [5, 5.41) is 2.73. The first-order valence-corrected chi connectivity index (χ1v) is 5.55. The molecule has 2 rings (SSSR count). The Hall–Kier alpha value is -1.51. The molecule has 16 heavy (non-hydrogen) atoms. The molecule has 0 saturated heterocycles. The van der Waals surface area contributed by atoms with Crippen LogP contribution in [-0.4, -0.2) is 20.1 Å². The molecule has 0 bridgehead atoms. The maximum absolute atomic E-state index is 11.7. The van der Waals surface area contributed by atoms with Gasteiger partial charge in [0.25, 0.3) is 0 Å². The first kappa shape index (κ1) is 11.0. The van der Waals surface area contributed by atoms with Gasteiger partial charge in [-0.15, -0.1) is 0 Å². The molecule has 2 atom stereocenters. The first-order valence-electron chi connectivity index (χ1n) is 5.55. The summed E-state index contributed by atoms with van der Waals surface area (Å²) in [6, 6.07) is 6.07. The van der Waals surface area contributed by atoms with Gasteiger partial charge in [0.15, 0.2) is 0 Å². The number of carbonyl (C=O) groups excluding carboxylic acids is 1. The van der Waals surface area contributed by atoms with E-state index < -0.39 is 0 Å². The largest absolute Gasteiger partial charge is 0.497 e. The monoisotopic (exact) mass is 219 g/mol. The van der Waals surface area contributed by atoms with E-state index in [1.165, 1.54) is 11.1 Å². The average molecular weight is 219 g/mol. The summed E-state index contributed by atoms with van der Waals surface area (Å²) >= 11 is 0. The Bertz CT molecular complexity index is 414. The molecule has 1 aliphatic carbocycles. The number of hydrogen-bond acceptors (Lipinski definition) is 2. The number of amides is 1. The van der Waals surface area contributed by atoms with E-state index in [9.17, 15) is 4.79 Å². The number of nitrogens with one attached hydrogen (secondary N) is 1. The van der Waals surface area contributed by atoms with E-state index >= 15 is 0 Å². The van der Waals surface area contributed by atoms with Crippen LogP contribution in [0.15, 0.2) is 18.2 Å². The molecule has 1 amide bonds. The Kier molecular flexibility index (Phi) is 2.86. The van der Waals surface area contributed by atoms with E-state index in [2.05, 4.69) is 18.3 Å². The number of fused-ring (bicyclic) bond motifs is 1. The van der Waals surface area contributed by atoms with E-state index in [1.54, 1.807) is 14.2 Å².